The van der Waals surface area contributed by atoms with Gasteiger partial charge in [-0.1, -0.05) is 46.4 Å². The highest BCUT2D eigenvalue weighted by Gasteiger charge is 2.29. The van der Waals surface area contributed by atoms with Crippen molar-refractivity contribution in [1.82, 2.24) is 9.80 Å². The van der Waals surface area contributed by atoms with Crippen LogP contribution in [0.15, 0.2) is 6.07 Å². The van der Waals surface area contributed by atoms with Crippen LogP contribution in [0.3, 0.4) is 0 Å². The zero-order chi connectivity index (χ0) is 18.0. The number of anilines is 1. The maximum absolute atomic E-state index is 12.5. The Balaban J connectivity index is 1.62. The van der Waals surface area contributed by atoms with Crippen molar-refractivity contribution in [2.45, 2.75) is 31.7 Å². The van der Waals surface area contributed by atoms with Crippen LogP contribution in [0.5, 0.6) is 0 Å². The summed E-state index contributed by atoms with van der Waals surface area (Å²) in [5, 5.41) is 3.72. The summed E-state index contributed by atoms with van der Waals surface area (Å²) >= 11 is 24.4. The molecular formula is C17H21Cl4N3O. The smallest absolute Gasteiger partial charge is 0.238 e. The van der Waals surface area contributed by atoms with E-state index in [-0.39, 0.29) is 31.7 Å². The van der Waals surface area contributed by atoms with Crippen molar-refractivity contribution in [2.24, 2.45) is 0 Å². The summed E-state index contributed by atoms with van der Waals surface area (Å²) in [5.41, 5.74) is 0.279. The van der Waals surface area contributed by atoms with E-state index >= 15 is 0 Å². The van der Waals surface area contributed by atoms with Crippen molar-refractivity contribution in [3.8, 4) is 0 Å². The molecule has 0 bridgehead atoms. The summed E-state index contributed by atoms with van der Waals surface area (Å²) in [7, 11) is 0. The van der Waals surface area contributed by atoms with E-state index < -0.39 is 0 Å². The predicted molar refractivity (Wildman–Crippen MR) is 105 cm³/mol. The summed E-state index contributed by atoms with van der Waals surface area (Å²) in [6, 6.07) is 1.90. The molecule has 138 valence electrons. The Morgan fingerprint density at radius 1 is 1.04 bits per heavy atom. The number of rotatable bonds is 5. The fourth-order valence-electron chi connectivity index (χ4n) is 3.62. The normalized spacial score (nSPS) is 21.8. The molecule has 2 fully saturated rings. The lowest BCUT2D eigenvalue weighted by atomic mass is 10.2. The minimum Gasteiger partial charge on any atom is -0.322 e. The molecule has 4 nitrogen and oxygen atoms in total. The zero-order valence-electron chi connectivity index (χ0n) is 13.8. The third kappa shape index (κ3) is 4.74. The average Bonchev–Trinajstić information content (AvgIpc) is 3.23. The van der Waals surface area contributed by atoms with Crippen molar-refractivity contribution in [1.29, 1.82) is 0 Å². The highest BCUT2D eigenvalue weighted by Crippen LogP contribution is 2.41. The van der Waals surface area contributed by atoms with Gasteiger partial charge in [0.1, 0.15) is 0 Å². The monoisotopic (exact) mass is 423 g/mol. The highest BCUT2D eigenvalue weighted by molar-refractivity contribution is 6.50. The zero-order valence-corrected chi connectivity index (χ0v) is 16.9. The van der Waals surface area contributed by atoms with E-state index in [1.807, 2.05) is 0 Å². The summed E-state index contributed by atoms with van der Waals surface area (Å²) in [6.45, 7) is 4.63. The Hall–Kier alpha value is -0.230. The number of likely N-dealkylation sites (tertiary alicyclic amines) is 2. The Kier molecular flexibility index (Phi) is 6.75. The third-order valence-electron chi connectivity index (χ3n) is 4.89. The minimum absolute atomic E-state index is 0.157. The molecule has 1 unspecified atom stereocenters. The summed E-state index contributed by atoms with van der Waals surface area (Å²) in [5.74, 6) is -0.157. The molecule has 1 atom stereocenters. The number of nitrogens with zero attached hydrogens (tertiary/aromatic N) is 2. The molecule has 1 aromatic rings. The maximum Gasteiger partial charge on any atom is 0.238 e. The maximum atomic E-state index is 12.5. The number of halogens is 4. The number of carbonyl (C=O) groups is 1. The van der Waals surface area contributed by atoms with E-state index in [0.29, 0.717) is 12.6 Å². The largest absolute Gasteiger partial charge is 0.322 e. The molecule has 1 amide bonds. The molecule has 8 heteroatoms. The first kappa shape index (κ1) is 19.5. The Morgan fingerprint density at radius 2 is 1.68 bits per heavy atom. The lowest BCUT2D eigenvalue weighted by Crippen LogP contribution is -2.42. The van der Waals surface area contributed by atoms with Crippen molar-refractivity contribution in [3.63, 3.8) is 0 Å². The molecular weight excluding hydrogens is 404 g/mol. The Morgan fingerprint density at radius 3 is 2.32 bits per heavy atom. The van der Waals surface area contributed by atoms with Crippen LogP contribution in [-0.4, -0.2) is 54.5 Å². The van der Waals surface area contributed by atoms with Crippen LogP contribution in [0.4, 0.5) is 5.69 Å². The van der Waals surface area contributed by atoms with Gasteiger partial charge in [0.05, 0.1) is 32.3 Å². The van der Waals surface area contributed by atoms with Gasteiger partial charge in [0.15, 0.2) is 0 Å². The number of hydrogen-bond donors (Lipinski definition) is 1. The van der Waals surface area contributed by atoms with Gasteiger partial charge in [0.2, 0.25) is 5.91 Å². The van der Waals surface area contributed by atoms with Crippen LogP contribution >= 0.6 is 46.4 Å². The molecule has 2 aliphatic rings. The second-order valence-corrected chi connectivity index (χ2v) is 8.24. The van der Waals surface area contributed by atoms with Gasteiger partial charge in [-0.2, -0.15) is 0 Å². The van der Waals surface area contributed by atoms with Crippen LogP contribution in [0.25, 0.3) is 0 Å². The predicted octanol–water partition coefficient (Wildman–Crippen LogP) is 4.80. The fourth-order valence-corrected chi connectivity index (χ4v) is 4.52. The van der Waals surface area contributed by atoms with E-state index in [1.54, 1.807) is 0 Å². The van der Waals surface area contributed by atoms with E-state index in [9.17, 15) is 4.79 Å². The SMILES string of the molecule is O=C(CN1CCCC1CN1CCCC1)Nc1c(Cl)c(Cl)cc(Cl)c1Cl. The second kappa shape index (κ2) is 8.64. The molecule has 0 saturated carbocycles. The van der Waals surface area contributed by atoms with Crippen molar-refractivity contribution < 1.29 is 4.79 Å². The van der Waals surface area contributed by atoms with E-state index in [2.05, 4.69) is 15.1 Å². The molecule has 2 saturated heterocycles. The second-order valence-electron chi connectivity index (χ2n) is 6.67. The molecule has 2 aliphatic heterocycles. The van der Waals surface area contributed by atoms with Crippen LogP contribution in [-0.2, 0) is 4.79 Å². The first-order valence-electron chi connectivity index (χ1n) is 8.55. The Labute approximate surface area is 168 Å². The molecule has 2 heterocycles. The van der Waals surface area contributed by atoms with Gasteiger partial charge in [0.25, 0.3) is 0 Å². The summed E-state index contributed by atoms with van der Waals surface area (Å²) in [4.78, 5) is 17.2. The third-order valence-corrected chi connectivity index (χ3v) is 6.46. The van der Waals surface area contributed by atoms with Crippen molar-refractivity contribution in [3.05, 3.63) is 26.2 Å². The first-order chi connectivity index (χ1) is 12.0. The molecule has 0 aromatic heterocycles. The van der Waals surface area contributed by atoms with Crippen LogP contribution in [0.1, 0.15) is 25.7 Å². The number of hydrogen-bond acceptors (Lipinski definition) is 3. The quantitative estimate of drug-likeness (QED) is 0.689. The van der Waals surface area contributed by atoms with Crippen molar-refractivity contribution in [2.75, 3.05) is 38.0 Å². The van der Waals surface area contributed by atoms with E-state index in [1.165, 1.54) is 32.0 Å². The molecule has 0 radical (unpaired) electrons. The van der Waals surface area contributed by atoms with Gasteiger partial charge in [0, 0.05) is 12.6 Å². The van der Waals surface area contributed by atoms with Gasteiger partial charge in [-0.15, -0.1) is 0 Å². The summed E-state index contributed by atoms with van der Waals surface area (Å²) < 4.78 is 0. The number of nitrogens with one attached hydrogen (secondary N) is 1. The average molecular weight is 425 g/mol. The van der Waals surface area contributed by atoms with Crippen molar-refractivity contribution >= 4 is 58.0 Å². The van der Waals surface area contributed by atoms with E-state index in [4.69, 9.17) is 46.4 Å². The topological polar surface area (TPSA) is 35.6 Å². The van der Waals surface area contributed by atoms with Crippen LogP contribution in [0, 0.1) is 0 Å². The summed E-state index contributed by atoms with van der Waals surface area (Å²) in [6.07, 6.45) is 4.81. The molecule has 1 aromatic carbocycles. The fraction of sp³-hybridized carbons (Fsp3) is 0.588. The van der Waals surface area contributed by atoms with Gasteiger partial charge in [-0.3, -0.25) is 9.69 Å². The van der Waals surface area contributed by atoms with Gasteiger partial charge in [-0.05, 0) is 51.4 Å². The lowest BCUT2D eigenvalue weighted by Gasteiger charge is -2.28. The van der Waals surface area contributed by atoms with Gasteiger partial charge >= 0.3 is 0 Å². The molecule has 0 aliphatic carbocycles. The van der Waals surface area contributed by atoms with E-state index in [0.717, 1.165) is 25.9 Å². The number of benzene rings is 1. The highest BCUT2D eigenvalue weighted by atomic mass is 35.5. The van der Waals surface area contributed by atoms with Crippen LogP contribution in [0.2, 0.25) is 20.1 Å². The minimum atomic E-state index is -0.157. The number of amides is 1. The van der Waals surface area contributed by atoms with Gasteiger partial charge in [-0.25, -0.2) is 0 Å². The molecule has 3 rings (SSSR count). The lowest BCUT2D eigenvalue weighted by molar-refractivity contribution is -0.117. The van der Waals surface area contributed by atoms with Crippen LogP contribution < -0.4 is 5.32 Å². The Bertz CT molecular complexity index is 623. The molecule has 1 N–H and O–H groups in total. The molecule has 25 heavy (non-hydrogen) atoms. The molecule has 0 spiro atoms. The van der Waals surface area contributed by atoms with Gasteiger partial charge < -0.3 is 10.2 Å². The number of carbonyl (C=O) groups excluding carboxylic acids is 1. The first-order valence-corrected chi connectivity index (χ1v) is 10.1. The standard InChI is InChI=1S/C17H21Cl4N3O/c18-12-8-13(19)16(21)17(15(12)20)22-14(25)10-24-7-3-4-11(24)9-23-5-1-2-6-23/h8,11H,1-7,9-10H2,(H,22,25).